The minimum absolute atomic E-state index is 0.0392. The Labute approximate surface area is 227 Å². The Hall–Kier alpha value is -2.18. The first kappa shape index (κ1) is 27.4. The van der Waals surface area contributed by atoms with Crippen LogP contribution < -0.4 is 9.47 Å². The third-order valence-corrected chi connectivity index (χ3v) is 9.68. The van der Waals surface area contributed by atoms with Gasteiger partial charge in [0.15, 0.2) is 23.4 Å². The molecule has 2 aliphatic heterocycles. The zero-order valence-corrected chi connectivity index (χ0v) is 23.1. The molecular formula is C32H45NO5. The van der Waals surface area contributed by atoms with Crippen LogP contribution in [-0.2, 0) is 21.4 Å². The SMILES string of the molecule is C=CCN1CC[C@]23c4c5ccc(OC(=O)CCCCCCCCCCCC)c4O[C@H]2C(=O)CC[C@@]3(O)[C@H]1C5. The van der Waals surface area contributed by atoms with Crippen LogP contribution in [0.4, 0.5) is 0 Å². The van der Waals surface area contributed by atoms with E-state index < -0.39 is 17.1 Å². The lowest BCUT2D eigenvalue weighted by Gasteiger charge is -2.62. The van der Waals surface area contributed by atoms with E-state index in [0.717, 1.165) is 36.9 Å². The van der Waals surface area contributed by atoms with E-state index in [2.05, 4.69) is 18.4 Å². The second-order valence-corrected chi connectivity index (χ2v) is 11.9. The Balaban J connectivity index is 1.24. The second-order valence-electron chi connectivity index (χ2n) is 11.9. The van der Waals surface area contributed by atoms with Crippen LogP contribution in [0.15, 0.2) is 24.8 Å². The van der Waals surface area contributed by atoms with Crippen molar-refractivity contribution in [1.82, 2.24) is 4.90 Å². The summed E-state index contributed by atoms with van der Waals surface area (Å²) in [5.41, 5.74) is 0.183. The fourth-order valence-corrected chi connectivity index (χ4v) is 7.80. The predicted octanol–water partition coefficient (Wildman–Crippen LogP) is 5.81. The van der Waals surface area contributed by atoms with Crippen LogP contribution in [0.3, 0.4) is 0 Å². The van der Waals surface area contributed by atoms with Crippen molar-refractivity contribution < 1.29 is 24.2 Å². The van der Waals surface area contributed by atoms with E-state index in [-0.39, 0.29) is 17.8 Å². The average molecular weight is 524 g/mol. The fraction of sp³-hybridized carbons (Fsp3) is 0.688. The van der Waals surface area contributed by atoms with Gasteiger partial charge in [-0.25, -0.2) is 0 Å². The van der Waals surface area contributed by atoms with Gasteiger partial charge in [0.2, 0.25) is 0 Å². The van der Waals surface area contributed by atoms with E-state index in [4.69, 9.17) is 9.47 Å². The number of ether oxygens (including phenoxy) is 2. The molecule has 2 heterocycles. The molecule has 4 aliphatic rings. The normalized spacial score (nSPS) is 29.1. The van der Waals surface area contributed by atoms with Crippen molar-refractivity contribution in [3.8, 4) is 11.5 Å². The molecule has 1 aromatic rings. The maximum atomic E-state index is 13.1. The molecule has 0 unspecified atom stereocenters. The molecule has 1 N–H and O–H groups in total. The molecule has 2 bridgehead atoms. The van der Waals surface area contributed by atoms with Crippen molar-refractivity contribution in [3.05, 3.63) is 35.9 Å². The van der Waals surface area contributed by atoms with Crippen molar-refractivity contribution in [1.29, 1.82) is 0 Å². The predicted molar refractivity (Wildman–Crippen MR) is 148 cm³/mol. The number of aliphatic hydroxyl groups is 1. The lowest BCUT2D eigenvalue weighted by Crippen LogP contribution is -2.76. The molecule has 38 heavy (non-hydrogen) atoms. The summed E-state index contributed by atoms with van der Waals surface area (Å²) in [5.74, 6) is 0.685. The molecule has 0 aromatic heterocycles. The summed E-state index contributed by atoms with van der Waals surface area (Å²) < 4.78 is 12.2. The van der Waals surface area contributed by atoms with E-state index in [1.165, 1.54) is 44.9 Å². The molecule has 5 rings (SSSR count). The first-order valence-corrected chi connectivity index (χ1v) is 15.1. The Morgan fingerprint density at radius 2 is 1.84 bits per heavy atom. The van der Waals surface area contributed by atoms with Gasteiger partial charge in [-0.05, 0) is 37.3 Å². The van der Waals surface area contributed by atoms with E-state index >= 15 is 0 Å². The van der Waals surface area contributed by atoms with Crippen molar-refractivity contribution in [2.45, 2.75) is 126 Å². The Morgan fingerprint density at radius 3 is 2.55 bits per heavy atom. The summed E-state index contributed by atoms with van der Waals surface area (Å²) >= 11 is 0. The Bertz CT molecular complexity index is 1050. The van der Waals surface area contributed by atoms with Crippen LogP contribution in [0.1, 0.15) is 108 Å². The smallest absolute Gasteiger partial charge is 0.311 e. The molecule has 0 amide bonds. The van der Waals surface area contributed by atoms with Crippen molar-refractivity contribution in [2.75, 3.05) is 13.1 Å². The topological polar surface area (TPSA) is 76.1 Å². The highest BCUT2D eigenvalue weighted by atomic mass is 16.6. The van der Waals surface area contributed by atoms with Gasteiger partial charge < -0.3 is 14.6 Å². The summed E-state index contributed by atoms with van der Waals surface area (Å²) in [7, 11) is 0. The molecule has 4 atom stereocenters. The number of likely N-dealkylation sites (tertiary alicyclic amines) is 1. The van der Waals surface area contributed by atoms with E-state index in [1.54, 1.807) is 0 Å². The molecule has 2 fully saturated rings. The van der Waals surface area contributed by atoms with Gasteiger partial charge in [-0.3, -0.25) is 14.5 Å². The maximum absolute atomic E-state index is 13.1. The summed E-state index contributed by atoms with van der Waals surface area (Å²) in [4.78, 5) is 28.2. The highest BCUT2D eigenvalue weighted by Crippen LogP contribution is 2.64. The minimum atomic E-state index is -1.05. The van der Waals surface area contributed by atoms with Gasteiger partial charge in [0.1, 0.15) is 0 Å². The first-order chi connectivity index (χ1) is 18.5. The number of esters is 1. The van der Waals surface area contributed by atoms with Crippen LogP contribution in [0.2, 0.25) is 0 Å². The van der Waals surface area contributed by atoms with Crippen molar-refractivity contribution >= 4 is 11.8 Å². The molecule has 2 aliphatic carbocycles. The molecule has 1 saturated heterocycles. The van der Waals surface area contributed by atoms with Crippen molar-refractivity contribution in [2.24, 2.45) is 0 Å². The maximum Gasteiger partial charge on any atom is 0.311 e. The van der Waals surface area contributed by atoms with Gasteiger partial charge in [-0.2, -0.15) is 0 Å². The number of nitrogens with zero attached hydrogens (tertiary/aromatic N) is 1. The number of benzene rings is 1. The molecule has 6 nitrogen and oxygen atoms in total. The number of rotatable bonds is 14. The number of carbonyl (C=O) groups is 2. The number of piperidine rings is 1. The third kappa shape index (κ3) is 4.62. The number of hydrogen-bond acceptors (Lipinski definition) is 6. The minimum Gasteiger partial charge on any atom is -0.477 e. The number of carbonyl (C=O) groups excluding carboxylic acids is 2. The lowest BCUT2D eigenvalue weighted by molar-refractivity contribution is -0.187. The zero-order chi connectivity index (χ0) is 26.8. The van der Waals surface area contributed by atoms with E-state index in [0.29, 0.717) is 50.1 Å². The molecule has 0 radical (unpaired) electrons. The Kier molecular flexibility index (Phi) is 8.30. The van der Waals surface area contributed by atoms with Gasteiger partial charge in [0.05, 0.1) is 11.0 Å². The van der Waals surface area contributed by atoms with Gasteiger partial charge in [0.25, 0.3) is 0 Å². The van der Waals surface area contributed by atoms with Crippen LogP contribution in [0, 0.1) is 0 Å². The molecule has 1 aromatic carbocycles. The van der Waals surface area contributed by atoms with Crippen molar-refractivity contribution in [3.63, 3.8) is 0 Å². The first-order valence-electron chi connectivity index (χ1n) is 15.1. The molecule has 1 saturated carbocycles. The summed E-state index contributed by atoms with van der Waals surface area (Å²) in [6.45, 7) is 7.63. The Morgan fingerprint density at radius 1 is 1.13 bits per heavy atom. The van der Waals surface area contributed by atoms with Gasteiger partial charge in [0, 0.05) is 37.5 Å². The monoisotopic (exact) mass is 523 g/mol. The fourth-order valence-electron chi connectivity index (χ4n) is 7.80. The molecular weight excluding hydrogens is 478 g/mol. The zero-order valence-electron chi connectivity index (χ0n) is 23.1. The van der Waals surface area contributed by atoms with Crippen LogP contribution in [0.25, 0.3) is 0 Å². The van der Waals surface area contributed by atoms with Gasteiger partial charge in [-0.15, -0.1) is 6.58 Å². The van der Waals surface area contributed by atoms with Gasteiger partial charge in [-0.1, -0.05) is 76.9 Å². The van der Waals surface area contributed by atoms with Gasteiger partial charge >= 0.3 is 5.97 Å². The third-order valence-electron chi connectivity index (χ3n) is 9.68. The largest absolute Gasteiger partial charge is 0.477 e. The summed E-state index contributed by atoms with van der Waals surface area (Å²) in [5, 5.41) is 12.2. The molecule has 208 valence electrons. The summed E-state index contributed by atoms with van der Waals surface area (Å²) in [6.07, 6.45) is 15.8. The second kappa shape index (κ2) is 11.5. The van der Waals surface area contributed by atoms with E-state index in [1.807, 2.05) is 18.2 Å². The number of Topliss-reactive ketones (excluding diaryl/α,β-unsaturated/α-hetero) is 1. The standard InChI is InChI=1S/C32H45NO5/c1-3-5-6-7-8-9-10-11-12-13-14-27(35)37-25-16-15-23-22-26-32(36)18-17-24(34)30-31(32,28(23)29(25)38-30)19-21-33(26)20-4-2/h4,15-16,26,30,36H,2-3,5-14,17-22H2,1H3/t26-,30+,31+,32-/m1/s1. The van der Waals surface area contributed by atoms with E-state index in [9.17, 15) is 14.7 Å². The number of hydrogen-bond donors (Lipinski definition) is 1. The number of ketones is 1. The molecule has 1 spiro atoms. The van der Waals surface area contributed by atoms with Crippen LogP contribution in [0.5, 0.6) is 11.5 Å². The average Bonchev–Trinajstić information content (AvgIpc) is 3.26. The highest BCUT2D eigenvalue weighted by Gasteiger charge is 2.73. The van der Waals surface area contributed by atoms with Crippen LogP contribution >= 0.6 is 0 Å². The molecule has 6 heteroatoms. The summed E-state index contributed by atoms with van der Waals surface area (Å²) in [6, 6.07) is 3.75. The van der Waals surface area contributed by atoms with Crippen LogP contribution in [-0.4, -0.2) is 52.6 Å². The lowest BCUT2D eigenvalue weighted by atomic mass is 9.49. The quantitative estimate of drug-likeness (QED) is 0.143. The highest BCUT2D eigenvalue weighted by molar-refractivity contribution is 5.90. The number of unbranched alkanes of at least 4 members (excludes halogenated alkanes) is 9.